The van der Waals surface area contributed by atoms with Crippen molar-refractivity contribution in [3.05, 3.63) is 34.9 Å². The molecule has 0 heterocycles. The van der Waals surface area contributed by atoms with Gasteiger partial charge in [-0.2, -0.15) is 0 Å². The number of benzene rings is 1. The lowest BCUT2D eigenvalue weighted by Crippen LogP contribution is -2.35. The molecule has 0 aromatic heterocycles. The maximum absolute atomic E-state index is 6.39. The van der Waals surface area contributed by atoms with Gasteiger partial charge in [-0.3, -0.25) is 9.89 Å². The maximum Gasteiger partial charge on any atom is 0.188 e. The van der Waals surface area contributed by atoms with Gasteiger partial charge in [0.25, 0.3) is 0 Å². The fourth-order valence-corrected chi connectivity index (χ4v) is 2.86. The summed E-state index contributed by atoms with van der Waals surface area (Å²) >= 11 is 6.39. The number of aliphatic imine (C=N–C) groups is 1. The van der Waals surface area contributed by atoms with Crippen LogP contribution in [0.2, 0.25) is 5.02 Å². The summed E-state index contributed by atoms with van der Waals surface area (Å²) in [5.74, 6) is 0.468. The summed E-state index contributed by atoms with van der Waals surface area (Å²) in [6.07, 6.45) is 0.911. The van der Waals surface area contributed by atoms with Crippen LogP contribution in [0, 0.1) is 0 Å². The number of nitrogens with one attached hydrogen (secondary N) is 1. The minimum atomic E-state index is 0. The second-order valence-corrected chi connectivity index (χ2v) is 5.87. The first-order valence-corrected chi connectivity index (χ1v) is 9.11. The molecule has 0 saturated heterocycles. The second kappa shape index (κ2) is 14.6. The highest BCUT2D eigenvalue weighted by atomic mass is 127. The highest BCUT2D eigenvalue weighted by Crippen LogP contribution is 2.27. The van der Waals surface area contributed by atoms with Gasteiger partial charge in [-0.1, -0.05) is 43.6 Å². The van der Waals surface area contributed by atoms with E-state index in [2.05, 4.69) is 35.1 Å². The Kier molecular flexibility index (Phi) is 14.3. The number of nitrogens with two attached hydrogens (primary N) is 1. The molecule has 3 N–H and O–H groups in total. The van der Waals surface area contributed by atoms with Crippen molar-refractivity contribution >= 4 is 41.5 Å². The highest BCUT2D eigenvalue weighted by molar-refractivity contribution is 14.0. The number of hydrogen-bond donors (Lipinski definition) is 2. The van der Waals surface area contributed by atoms with Crippen LogP contribution in [0.4, 0.5) is 0 Å². The Bertz CT molecular complexity index is 498. The summed E-state index contributed by atoms with van der Waals surface area (Å²) in [6, 6.07) is 8.07. The van der Waals surface area contributed by atoms with Crippen LogP contribution in [0.15, 0.2) is 29.3 Å². The number of guanidine groups is 1. The summed E-state index contributed by atoms with van der Waals surface area (Å²) in [4.78, 5) is 6.86. The summed E-state index contributed by atoms with van der Waals surface area (Å²) < 4.78 is 5.30. The van der Waals surface area contributed by atoms with Crippen molar-refractivity contribution in [1.82, 2.24) is 10.2 Å². The molecule has 144 valence electrons. The smallest absolute Gasteiger partial charge is 0.188 e. The van der Waals surface area contributed by atoms with Crippen LogP contribution in [0.25, 0.3) is 0 Å². The van der Waals surface area contributed by atoms with Crippen LogP contribution in [-0.4, -0.2) is 50.3 Å². The van der Waals surface area contributed by atoms with Crippen LogP contribution < -0.4 is 11.1 Å². The monoisotopic (exact) mass is 482 g/mol. The second-order valence-electron chi connectivity index (χ2n) is 5.46. The molecule has 0 aliphatic heterocycles. The van der Waals surface area contributed by atoms with Gasteiger partial charge in [-0.25, -0.2) is 0 Å². The molecule has 0 saturated carbocycles. The van der Waals surface area contributed by atoms with Gasteiger partial charge in [-0.15, -0.1) is 24.0 Å². The number of hydrogen-bond acceptors (Lipinski definition) is 3. The molecule has 0 bridgehead atoms. The number of likely N-dealkylation sites (N-methyl/N-ethyl adjacent to an activating group) is 1. The van der Waals surface area contributed by atoms with Gasteiger partial charge in [0.1, 0.15) is 0 Å². The number of ether oxygens (including phenoxy) is 1. The quantitative estimate of drug-likeness (QED) is 0.219. The zero-order valence-electron chi connectivity index (χ0n) is 15.5. The fourth-order valence-electron chi connectivity index (χ4n) is 2.60. The van der Waals surface area contributed by atoms with E-state index in [1.165, 1.54) is 0 Å². The normalized spacial score (nSPS) is 12.8. The molecule has 0 aliphatic carbocycles. The van der Waals surface area contributed by atoms with Crippen molar-refractivity contribution in [2.45, 2.75) is 33.2 Å². The number of rotatable bonds is 11. The lowest BCUT2D eigenvalue weighted by Gasteiger charge is -2.29. The predicted molar refractivity (Wildman–Crippen MR) is 118 cm³/mol. The minimum absolute atomic E-state index is 0. The largest absolute Gasteiger partial charge is 0.382 e. The van der Waals surface area contributed by atoms with Crippen molar-refractivity contribution in [2.24, 2.45) is 10.7 Å². The van der Waals surface area contributed by atoms with E-state index in [9.17, 15) is 0 Å². The van der Waals surface area contributed by atoms with Crippen LogP contribution in [0.5, 0.6) is 0 Å². The lowest BCUT2D eigenvalue weighted by atomic mass is 10.1. The third kappa shape index (κ3) is 9.08. The van der Waals surface area contributed by atoms with Crippen molar-refractivity contribution in [3.8, 4) is 0 Å². The highest BCUT2D eigenvalue weighted by Gasteiger charge is 2.19. The van der Waals surface area contributed by atoms with Gasteiger partial charge in [0.15, 0.2) is 5.96 Å². The topological polar surface area (TPSA) is 62.9 Å². The molecule has 0 radical (unpaired) electrons. The van der Waals surface area contributed by atoms with Gasteiger partial charge in [0, 0.05) is 24.8 Å². The first-order valence-electron chi connectivity index (χ1n) is 8.73. The predicted octanol–water partition coefficient (Wildman–Crippen LogP) is 3.67. The van der Waals surface area contributed by atoms with Crippen molar-refractivity contribution in [1.29, 1.82) is 0 Å². The Labute approximate surface area is 174 Å². The van der Waals surface area contributed by atoms with Gasteiger partial charge in [0.05, 0.1) is 12.6 Å². The van der Waals surface area contributed by atoms with Gasteiger partial charge in [0.2, 0.25) is 0 Å². The SMILES string of the molecule is CCOCCCNC(N)=NCC(c1ccccc1Cl)N(CC)CC.I. The average Bonchev–Trinajstić information content (AvgIpc) is 2.59. The molecule has 1 atom stereocenters. The molecular formula is C18H32ClIN4O. The molecule has 0 fully saturated rings. The molecule has 5 nitrogen and oxygen atoms in total. The molecule has 0 amide bonds. The van der Waals surface area contributed by atoms with Gasteiger partial charge < -0.3 is 15.8 Å². The molecule has 0 aliphatic rings. The van der Waals surface area contributed by atoms with E-state index >= 15 is 0 Å². The van der Waals surface area contributed by atoms with Crippen LogP contribution >= 0.6 is 35.6 Å². The Morgan fingerprint density at radius 3 is 2.56 bits per heavy atom. The van der Waals surface area contributed by atoms with Gasteiger partial charge >= 0.3 is 0 Å². The molecular weight excluding hydrogens is 451 g/mol. The van der Waals surface area contributed by atoms with Crippen LogP contribution in [-0.2, 0) is 4.74 Å². The van der Waals surface area contributed by atoms with Crippen molar-refractivity contribution < 1.29 is 4.74 Å². The van der Waals surface area contributed by atoms with E-state index in [-0.39, 0.29) is 30.0 Å². The van der Waals surface area contributed by atoms with E-state index in [0.29, 0.717) is 12.5 Å². The van der Waals surface area contributed by atoms with Crippen molar-refractivity contribution in [2.75, 3.05) is 39.4 Å². The fraction of sp³-hybridized carbons (Fsp3) is 0.611. The molecule has 0 spiro atoms. The van der Waals surface area contributed by atoms with Crippen LogP contribution in [0.1, 0.15) is 38.8 Å². The van der Waals surface area contributed by atoms with E-state index in [4.69, 9.17) is 22.1 Å². The molecule has 1 aromatic rings. The van der Waals surface area contributed by atoms with Gasteiger partial charge in [-0.05, 0) is 38.1 Å². The lowest BCUT2D eigenvalue weighted by molar-refractivity contribution is 0.145. The standard InChI is InChI=1S/C18H31ClN4O.HI/c1-4-23(5-2)17(15-10-7-8-11-16(15)19)14-22-18(20)21-12-9-13-24-6-3;/h7-8,10-11,17H,4-6,9,12-14H2,1-3H3,(H3,20,21,22);1H. The average molecular weight is 483 g/mol. The Morgan fingerprint density at radius 2 is 1.96 bits per heavy atom. The maximum atomic E-state index is 6.39. The third-order valence-corrected chi connectivity index (χ3v) is 4.27. The zero-order chi connectivity index (χ0) is 17.8. The van der Waals surface area contributed by atoms with E-state index in [0.717, 1.165) is 49.9 Å². The van der Waals surface area contributed by atoms with E-state index in [1.54, 1.807) is 0 Å². The first-order chi connectivity index (χ1) is 11.6. The molecule has 25 heavy (non-hydrogen) atoms. The summed E-state index contributed by atoms with van der Waals surface area (Å²) in [5, 5.41) is 3.91. The molecule has 7 heteroatoms. The summed E-state index contributed by atoms with van der Waals surface area (Å²) in [6.45, 7) is 11.0. The first kappa shape index (κ1) is 24.4. The number of nitrogens with zero attached hydrogens (tertiary/aromatic N) is 2. The van der Waals surface area contributed by atoms with E-state index < -0.39 is 0 Å². The van der Waals surface area contributed by atoms with E-state index in [1.807, 2.05) is 25.1 Å². The molecule has 1 aromatic carbocycles. The third-order valence-electron chi connectivity index (χ3n) is 3.93. The summed E-state index contributed by atoms with van der Waals surface area (Å²) in [7, 11) is 0. The molecule has 1 unspecified atom stereocenters. The Hall–Kier alpha value is -0.570. The minimum Gasteiger partial charge on any atom is -0.382 e. The number of halogens is 2. The summed E-state index contributed by atoms with van der Waals surface area (Å²) in [5.41, 5.74) is 7.08. The zero-order valence-corrected chi connectivity index (χ0v) is 18.6. The Balaban J connectivity index is 0.00000576. The Morgan fingerprint density at radius 1 is 1.28 bits per heavy atom. The molecule has 1 rings (SSSR count). The van der Waals surface area contributed by atoms with Crippen molar-refractivity contribution in [3.63, 3.8) is 0 Å². The van der Waals surface area contributed by atoms with Crippen LogP contribution in [0.3, 0.4) is 0 Å².